The quantitative estimate of drug-likeness (QED) is 0.678. The number of hydrogen-bond acceptors (Lipinski definition) is 4. The number of benzene rings is 2. The van der Waals surface area contributed by atoms with Crippen LogP contribution in [0.4, 0.5) is 0 Å². The highest BCUT2D eigenvalue weighted by Crippen LogP contribution is 2.18. The van der Waals surface area contributed by atoms with Crippen molar-refractivity contribution in [1.29, 1.82) is 0 Å². The topological polar surface area (TPSA) is 57.5 Å². The van der Waals surface area contributed by atoms with E-state index in [1.165, 1.54) is 4.57 Å². The summed E-state index contributed by atoms with van der Waals surface area (Å²) in [6.45, 7) is -0.0199. The van der Waals surface area contributed by atoms with Crippen LogP contribution < -0.4 is 15.0 Å². The van der Waals surface area contributed by atoms with Crippen molar-refractivity contribution in [2.24, 2.45) is 0 Å². The molecular weight excluding hydrogens is 306 g/mol. The van der Waals surface area contributed by atoms with E-state index < -0.39 is 0 Å². The van der Waals surface area contributed by atoms with Crippen LogP contribution >= 0.6 is 0 Å². The Labute approximate surface area is 139 Å². The zero-order chi connectivity index (χ0) is 17.1. The number of rotatable bonds is 5. The Balaban J connectivity index is 1.93. The zero-order valence-corrected chi connectivity index (χ0v) is 13.5. The maximum Gasteiger partial charge on any atom is 0.258 e. The molecule has 0 amide bonds. The molecule has 24 heavy (non-hydrogen) atoms. The lowest BCUT2D eigenvalue weighted by atomic mass is 10.1. The Morgan fingerprint density at radius 1 is 1.00 bits per heavy atom. The lowest BCUT2D eigenvalue weighted by molar-refractivity contribution is 0.0970. The second kappa shape index (κ2) is 6.58. The van der Waals surface area contributed by atoms with Gasteiger partial charge >= 0.3 is 0 Å². The number of ether oxygens (including phenoxy) is 2. The van der Waals surface area contributed by atoms with Crippen molar-refractivity contribution in [1.82, 2.24) is 4.57 Å². The molecule has 0 aliphatic rings. The van der Waals surface area contributed by atoms with Crippen molar-refractivity contribution >= 4 is 16.6 Å². The van der Waals surface area contributed by atoms with Gasteiger partial charge in [-0.3, -0.25) is 9.59 Å². The van der Waals surface area contributed by atoms with Gasteiger partial charge in [0.1, 0.15) is 11.5 Å². The maximum atomic E-state index is 12.6. The first kappa shape index (κ1) is 15.8. The highest BCUT2D eigenvalue weighted by atomic mass is 16.5. The number of fused-ring (bicyclic) bond motifs is 1. The molecule has 0 fully saturated rings. The van der Waals surface area contributed by atoms with Crippen molar-refractivity contribution in [3.8, 4) is 11.5 Å². The molecule has 3 rings (SSSR count). The van der Waals surface area contributed by atoms with E-state index in [2.05, 4.69) is 0 Å². The van der Waals surface area contributed by atoms with Crippen LogP contribution in [-0.4, -0.2) is 24.6 Å². The van der Waals surface area contributed by atoms with Crippen LogP contribution in [0.15, 0.2) is 59.5 Å². The van der Waals surface area contributed by atoms with Crippen LogP contribution in [0.1, 0.15) is 10.4 Å². The maximum absolute atomic E-state index is 12.6. The van der Waals surface area contributed by atoms with Gasteiger partial charge in [0.15, 0.2) is 5.78 Å². The minimum absolute atomic E-state index is 0.0199. The van der Waals surface area contributed by atoms with Crippen LogP contribution in [0.5, 0.6) is 11.5 Å². The first-order chi connectivity index (χ1) is 11.6. The Kier molecular flexibility index (Phi) is 4.33. The first-order valence-corrected chi connectivity index (χ1v) is 7.47. The number of nitrogens with zero attached hydrogens (tertiary/aromatic N) is 1. The van der Waals surface area contributed by atoms with E-state index in [0.717, 1.165) is 5.39 Å². The van der Waals surface area contributed by atoms with Crippen molar-refractivity contribution in [2.45, 2.75) is 6.54 Å². The molecule has 0 saturated heterocycles. The van der Waals surface area contributed by atoms with E-state index in [1.54, 1.807) is 68.9 Å². The Morgan fingerprint density at radius 3 is 2.50 bits per heavy atom. The third-order valence-electron chi connectivity index (χ3n) is 3.89. The van der Waals surface area contributed by atoms with Crippen molar-refractivity contribution < 1.29 is 14.3 Å². The van der Waals surface area contributed by atoms with Crippen molar-refractivity contribution in [3.05, 3.63) is 70.6 Å². The van der Waals surface area contributed by atoms with E-state index in [-0.39, 0.29) is 17.9 Å². The number of carbonyl (C=O) groups excluding carboxylic acids is 1. The molecule has 0 N–H and O–H groups in total. The molecule has 3 aromatic rings. The van der Waals surface area contributed by atoms with Gasteiger partial charge in [0.25, 0.3) is 5.56 Å². The van der Waals surface area contributed by atoms with Crippen LogP contribution in [0.25, 0.3) is 10.8 Å². The minimum atomic E-state index is -0.202. The SMILES string of the molecule is COc1cccc(C(=O)Cn2ccc3cc(OC)ccc3c2=O)c1. The van der Waals surface area contributed by atoms with Crippen LogP contribution in [0, 0.1) is 0 Å². The van der Waals surface area contributed by atoms with Gasteiger partial charge in [0.2, 0.25) is 0 Å². The predicted molar refractivity (Wildman–Crippen MR) is 92.1 cm³/mol. The summed E-state index contributed by atoms with van der Waals surface area (Å²) in [5, 5.41) is 1.33. The monoisotopic (exact) mass is 323 g/mol. The summed E-state index contributed by atoms with van der Waals surface area (Å²) in [7, 11) is 3.13. The highest BCUT2D eigenvalue weighted by Gasteiger charge is 2.11. The number of carbonyl (C=O) groups is 1. The second-order valence-electron chi connectivity index (χ2n) is 5.36. The standard InChI is InChI=1S/C19H17NO4/c1-23-15-5-3-4-14(11-15)18(21)12-20-9-8-13-10-16(24-2)6-7-17(13)19(20)22/h3-11H,12H2,1-2H3. The lowest BCUT2D eigenvalue weighted by Gasteiger charge is -2.08. The van der Waals surface area contributed by atoms with Gasteiger partial charge in [-0.25, -0.2) is 0 Å². The van der Waals surface area contributed by atoms with Crippen molar-refractivity contribution in [2.75, 3.05) is 14.2 Å². The number of ketones is 1. The molecule has 5 nitrogen and oxygen atoms in total. The molecule has 0 radical (unpaired) electrons. The molecule has 0 aliphatic carbocycles. The van der Waals surface area contributed by atoms with Gasteiger partial charge in [-0.05, 0) is 41.8 Å². The fourth-order valence-corrected chi connectivity index (χ4v) is 2.56. The van der Waals surface area contributed by atoms with Gasteiger partial charge in [0, 0.05) is 17.1 Å². The Hall–Kier alpha value is -3.08. The van der Waals surface area contributed by atoms with Crippen LogP contribution in [0.2, 0.25) is 0 Å². The van der Waals surface area contributed by atoms with Crippen LogP contribution in [0.3, 0.4) is 0 Å². The average Bonchev–Trinajstić information content (AvgIpc) is 2.63. The third-order valence-corrected chi connectivity index (χ3v) is 3.89. The van der Waals surface area contributed by atoms with Gasteiger partial charge in [-0.1, -0.05) is 12.1 Å². The Morgan fingerprint density at radius 2 is 1.75 bits per heavy atom. The molecule has 0 atom stereocenters. The first-order valence-electron chi connectivity index (χ1n) is 7.47. The molecule has 0 spiro atoms. The molecule has 1 aromatic heterocycles. The number of pyridine rings is 1. The van der Waals surface area contributed by atoms with Gasteiger partial charge < -0.3 is 14.0 Å². The molecule has 0 unspecified atom stereocenters. The fourth-order valence-electron chi connectivity index (χ4n) is 2.56. The predicted octanol–water partition coefficient (Wildman–Crippen LogP) is 2.90. The summed E-state index contributed by atoms with van der Waals surface area (Å²) in [6, 6.07) is 13.9. The molecule has 0 saturated carbocycles. The van der Waals surface area contributed by atoms with Gasteiger partial charge in [-0.2, -0.15) is 0 Å². The summed E-state index contributed by atoms with van der Waals surface area (Å²) < 4.78 is 11.7. The lowest BCUT2D eigenvalue weighted by Crippen LogP contribution is -2.23. The van der Waals surface area contributed by atoms with Gasteiger partial charge in [-0.15, -0.1) is 0 Å². The molecule has 1 heterocycles. The van der Waals surface area contributed by atoms with E-state index in [0.29, 0.717) is 22.4 Å². The van der Waals surface area contributed by atoms with Gasteiger partial charge in [0.05, 0.1) is 20.8 Å². The number of hydrogen-bond donors (Lipinski definition) is 0. The molecule has 122 valence electrons. The summed E-state index contributed by atoms with van der Waals surface area (Å²) >= 11 is 0. The van der Waals surface area contributed by atoms with Crippen molar-refractivity contribution in [3.63, 3.8) is 0 Å². The molecular formula is C19H17NO4. The summed E-state index contributed by atoms with van der Waals surface area (Å²) in [6.07, 6.45) is 1.63. The van der Waals surface area contributed by atoms with E-state index in [4.69, 9.17) is 9.47 Å². The number of methoxy groups -OCH3 is 2. The summed E-state index contributed by atoms with van der Waals surface area (Å²) in [5.74, 6) is 1.15. The summed E-state index contributed by atoms with van der Waals surface area (Å²) in [5.41, 5.74) is 0.308. The average molecular weight is 323 g/mol. The smallest absolute Gasteiger partial charge is 0.258 e. The largest absolute Gasteiger partial charge is 0.497 e. The molecule has 0 bridgehead atoms. The highest BCUT2D eigenvalue weighted by molar-refractivity contribution is 5.96. The minimum Gasteiger partial charge on any atom is -0.497 e. The van der Waals surface area contributed by atoms with E-state index in [1.807, 2.05) is 0 Å². The molecule has 0 aliphatic heterocycles. The van der Waals surface area contributed by atoms with E-state index >= 15 is 0 Å². The number of aromatic nitrogens is 1. The normalized spacial score (nSPS) is 10.6. The summed E-state index contributed by atoms with van der Waals surface area (Å²) in [4.78, 5) is 25.0. The Bertz CT molecular complexity index is 959. The van der Waals surface area contributed by atoms with E-state index in [9.17, 15) is 9.59 Å². The second-order valence-corrected chi connectivity index (χ2v) is 5.36. The zero-order valence-electron chi connectivity index (χ0n) is 13.5. The third kappa shape index (κ3) is 3.01. The fraction of sp³-hybridized carbons (Fsp3) is 0.158. The molecule has 5 heteroatoms. The van der Waals surface area contributed by atoms with Crippen LogP contribution in [-0.2, 0) is 6.54 Å². The molecule has 2 aromatic carbocycles. The number of Topliss-reactive ketones (excluding diaryl/α,β-unsaturated/α-hetero) is 1.